The average molecular weight is 304 g/mol. The summed E-state index contributed by atoms with van der Waals surface area (Å²) in [5.74, 6) is 0.409. The predicted octanol–water partition coefficient (Wildman–Crippen LogP) is 2.57. The topological polar surface area (TPSA) is 72.5 Å². The quantitative estimate of drug-likeness (QED) is 0.635. The van der Waals surface area contributed by atoms with Crippen LogP contribution in [-0.4, -0.2) is 24.6 Å². The number of guanidine groups is 1. The van der Waals surface area contributed by atoms with Gasteiger partial charge in [0.1, 0.15) is 0 Å². The van der Waals surface area contributed by atoms with E-state index >= 15 is 0 Å². The highest BCUT2D eigenvalue weighted by molar-refractivity contribution is 7.11. The molecule has 0 atom stereocenters. The van der Waals surface area contributed by atoms with Crippen molar-refractivity contribution in [3.8, 4) is 0 Å². The lowest BCUT2D eigenvalue weighted by Crippen LogP contribution is -2.23. The number of aromatic nitrogens is 1. The Morgan fingerprint density at radius 2 is 2.24 bits per heavy atom. The summed E-state index contributed by atoms with van der Waals surface area (Å²) >= 11 is 1.69. The average Bonchev–Trinajstić information content (AvgIpc) is 2.87. The van der Waals surface area contributed by atoms with Crippen LogP contribution >= 0.6 is 11.3 Å². The minimum absolute atomic E-state index is 0.409. The normalized spacial score (nSPS) is 11.6. The lowest BCUT2D eigenvalue weighted by atomic mass is 10.2. The fourth-order valence-electron chi connectivity index (χ4n) is 1.89. The maximum atomic E-state index is 5.92. The third kappa shape index (κ3) is 4.84. The zero-order chi connectivity index (χ0) is 15.1. The molecule has 112 valence electrons. The number of thiazole rings is 1. The number of ether oxygens (including phenoxy) is 1. The van der Waals surface area contributed by atoms with Crippen LogP contribution in [0.15, 0.2) is 35.5 Å². The smallest absolute Gasteiger partial charge is 0.193 e. The van der Waals surface area contributed by atoms with Crippen LogP contribution in [0.2, 0.25) is 0 Å². The van der Waals surface area contributed by atoms with Crippen LogP contribution in [0.5, 0.6) is 0 Å². The first-order valence-corrected chi connectivity index (χ1v) is 7.56. The number of aryl methyl sites for hydroxylation is 1. The van der Waals surface area contributed by atoms with Gasteiger partial charge in [-0.3, -0.25) is 4.99 Å². The van der Waals surface area contributed by atoms with Crippen molar-refractivity contribution in [3.05, 3.63) is 45.9 Å². The molecule has 0 amide bonds. The molecule has 0 aliphatic carbocycles. The summed E-state index contributed by atoms with van der Waals surface area (Å²) < 4.78 is 5.16. The van der Waals surface area contributed by atoms with E-state index < -0.39 is 0 Å². The van der Waals surface area contributed by atoms with Crippen molar-refractivity contribution in [1.29, 1.82) is 0 Å². The van der Waals surface area contributed by atoms with E-state index in [0.29, 0.717) is 19.1 Å². The minimum Gasteiger partial charge on any atom is -0.380 e. The second kappa shape index (κ2) is 7.75. The zero-order valence-electron chi connectivity index (χ0n) is 12.3. The number of benzene rings is 1. The second-order valence-electron chi connectivity index (χ2n) is 4.60. The van der Waals surface area contributed by atoms with E-state index in [1.807, 2.05) is 37.4 Å². The highest BCUT2D eigenvalue weighted by Gasteiger charge is 2.03. The van der Waals surface area contributed by atoms with Crippen LogP contribution in [0.3, 0.4) is 0 Å². The predicted molar refractivity (Wildman–Crippen MR) is 87.8 cm³/mol. The lowest BCUT2D eigenvalue weighted by molar-refractivity contribution is 0.185. The van der Waals surface area contributed by atoms with Gasteiger partial charge in [-0.15, -0.1) is 11.3 Å². The Balaban J connectivity index is 1.91. The van der Waals surface area contributed by atoms with Crippen molar-refractivity contribution >= 4 is 23.0 Å². The van der Waals surface area contributed by atoms with Gasteiger partial charge in [-0.25, -0.2) is 4.98 Å². The molecule has 0 bridgehead atoms. The molecule has 3 N–H and O–H groups in total. The molecule has 0 fully saturated rings. The summed E-state index contributed by atoms with van der Waals surface area (Å²) in [5.41, 5.74) is 7.89. The van der Waals surface area contributed by atoms with Gasteiger partial charge in [0.05, 0.1) is 11.6 Å². The fraction of sp³-hybridized carbons (Fsp3) is 0.333. The molecule has 1 aromatic carbocycles. The molecule has 6 heteroatoms. The number of anilines is 1. The number of nitrogens with two attached hydrogens (primary N) is 1. The van der Waals surface area contributed by atoms with E-state index in [2.05, 4.69) is 15.3 Å². The molecule has 0 aliphatic heterocycles. The molecule has 5 nitrogen and oxygen atoms in total. The molecule has 0 aliphatic rings. The maximum Gasteiger partial charge on any atom is 0.193 e. The van der Waals surface area contributed by atoms with Crippen LogP contribution < -0.4 is 11.1 Å². The van der Waals surface area contributed by atoms with Crippen LogP contribution in [0, 0.1) is 6.92 Å². The number of rotatable bonds is 6. The monoisotopic (exact) mass is 304 g/mol. The molecule has 2 rings (SSSR count). The van der Waals surface area contributed by atoms with Gasteiger partial charge in [0, 0.05) is 42.4 Å². The number of nitrogens with zero attached hydrogens (tertiary/aromatic N) is 2. The van der Waals surface area contributed by atoms with E-state index in [0.717, 1.165) is 22.7 Å². The summed E-state index contributed by atoms with van der Waals surface area (Å²) in [6.45, 7) is 3.21. The number of aliphatic imine (C=N–C) groups is 1. The standard InChI is InChI=1S/C15H20N4OS/c1-11-9-18-14(21-11)7-8-17-15(16)19-13-6-4-3-5-12(13)10-20-2/h3-6,9H,7-8,10H2,1-2H3,(H3,16,17,19). The number of para-hydroxylation sites is 1. The van der Waals surface area contributed by atoms with E-state index in [1.165, 1.54) is 4.88 Å². The molecule has 21 heavy (non-hydrogen) atoms. The Hall–Kier alpha value is -1.92. The first kappa shape index (κ1) is 15.5. The Labute approximate surface area is 128 Å². The minimum atomic E-state index is 0.409. The molecule has 1 heterocycles. The first-order chi connectivity index (χ1) is 10.2. The molecule has 0 spiro atoms. The molecular formula is C15H20N4OS. The SMILES string of the molecule is COCc1ccccc1NC(N)=NCCc1ncc(C)s1. The van der Waals surface area contributed by atoms with E-state index in [4.69, 9.17) is 10.5 Å². The number of hydrogen-bond donors (Lipinski definition) is 2. The van der Waals surface area contributed by atoms with Crippen molar-refractivity contribution in [2.24, 2.45) is 10.7 Å². The number of nitrogens with one attached hydrogen (secondary N) is 1. The van der Waals surface area contributed by atoms with Gasteiger partial charge in [0.15, 0.2) is 5.96 Å². The lowest BCUT2D eigenvalue weighted by Gasteiger charge is -2.10. The van der Waals surface area contributed by atoms with E-state index in [1.54, 1.807) is 18.4 Å². The van der Waals surface area contributed by atoms with Crippen LogP contribution in [0.25, 0.3) is 0 Å². The molecule has 0 unspecified atom stereocenters. The highest BCUT2D eigenvalue weighted by atomic mass is 32.1. The Morgan fingerprint density at radius 1 is 1.43 bits per heavy atom. The zero-order valence-corrected chi connectivity index (χ0v) is 13.1. The second-order valence-corrected chi connectivity index (χ2v) is 5.92. The number of hydrogen-bond acceptors (Lipinski definition) is 4. The molecule has 0 radical (unpaired) electrons. The Morgan fingerprint density at radius 3 is 2.95 bits per heavy atom. The van der Waals surface area contributed by atoms with Gasteiger partial charge in [-0.05, 0) is 13.0 Å². The first-order valence-electron chi connectivity index (χ1n) is 6.74. The van der Waals surface area contributed by atoms with E-state index in [-0.39, 0.29) is 0 Å². The van der Waals surface area contributed by atoms with Crippen molar-refractivity contribution in [2.75, 3.05) is 19.0 Å². The van der Waals surface area contributed by atoms with Gasteiger partial charge in [0.25, 0.3) is 0 Å². The van der Waals surface area contributed by atoms with Crippen molar-refractivity contribution < 1.29 is 4.74 Å². The number of methoxy groups -OCH3 is 1. The Kier molecular flexibility index (Phi) is 5.71. The van der Waals surface area contributed by atoms with Crippen LogP contribution in [0.1, 0.15) is 15.4 Å². The largest absolute Gasteiger partial charge is 0.380 e. The summed E-state index contributed by atoms with van der Waals surface area (Å²) in [6, 6.07) is 7.88. The van der Waals surface area contributed by atoms with Crippen LogP contribution in [-0.2, 0) is 17.8 Å². The van der Waals surface area contributed by atoms with Crippen molar-refractivity contribution in [2.45, 2.75) is 20.0 Å². The Bertz CT molecular complexity index is 609. The summed E-state index contributed by atoms with van der Waals surface area (Å²) in [4.78, 5) is 9.86. The highest BCUT2D eigenvalue weighted by Crippen LogP contribution is 2.15. The van der Waals surface area contributed by atoms with Crippen molar-refractivity contribution in [1.82, 2.24) is 4.98 Å². The van der Waals surface area contributed by atoms with Gasteiger partial charge in [-0.1, -0.05) is 18.2 Å². The maximum absolute atomic E-state index is 5.92. The summed E-state index contributed by atoms with van der Waals surface area (Å²) in [6.07, 6.45) is 2.69. The van der Waals surface area contributed by atoms with Gasteiger partial charge < -0.3 is 15.8 Å². The van der Waals surface area contributed by atoms with Gasteiger partial charge in [-0.2, -0.15) is 0 Å². The van der Waals surface area contributed by atoms with Crippen LogP contribution in [0.4, 0.5) is 5.69 Å². The molecule has 1 aromatic heterocycles. The summed E-state index contributed by atoms with van der Waals surface area (Å²) in [7, 11) is 1.67. The van der Waals surface area contributed by atoms with Gasteiger partial charge in [0.2, 0.25) is 0 Å². The van der Waals surface area contributed by atoms with Gasteiger partial charge >= 0.3 is 0 Å². The third-order valence-corrected chi connectivity index (χ3v) is 3.83. The molecule has 2 aromatic rings. The fourth-order valence-corrected chi connectivity index (χ4v) is 2.67. The molecule has 0 saturated heterocycles. The van der Waals surface area contributed by atoms with E-state index in [9.17, 15) is 0 Å². The molecular weight excluding hydrogens is 284 g/mol. The third-order valence-electron chi connectivity index (χ3n) is 2.86. The molecule has 0 saturated carbocycles. The summed E-state index contributed by atoms with van der Waals surface area (Å²) in [5, 5.41) is 4.20. The van der Waals surface area contributed by atoms with Crippen molar-refractivity contribution in [3.63, 3.8) is 0 Å².